The van der Waals surface area contributed by atoms with Crippen molar-refractivity contribution in [3.63, 3.8) is 0 Å². The predicted molar refractivity (Wildman–Crippen MR) is 243 cm³/mol. The van der Waals surface area contributed by atoms with E-state index in [1.54, 1.807) is 0 Å². The van der Waals surface area contributed by atoms with Crippen molar-refractivity contribution in [2.75, 3.05) is 13.2 Å². The normalized spacial score (nSPS) is 21.6. The van der Waals surface area contributed by atoms with Crippen molar-refractivity contribution in [1.29, 1.82) is 0 Å². The Kier molecular flexibility index (Phi) is 37.4. The number of allylic oxidation sites excluding steroid dienone is 2. The van der Waals surface area contributed by atoms with Crippen LogP contribution in [-0.2, 0) is 14.3 Å². The number of hydrogen-bond donors (Lipinski definition) is 8. The van der Waals surface area contributed by atoms with Crippen LogP contribution in [0.4, 0.5) is 0 Å². The molecule has 11 heteroatoms. The first kappa shape index (κ1) is 56.9. The summed E-state index contributed by atoms with van der Waals surface area (Å²) in [5.41, 5.74) is 0. The Morgan fingerprint density at radius 3 is 1.40 bits per heavy atom. The lowest BCUT2D eigenvalue weighted by atomic mass is 9.98. The highest BCUT2D eigenvalue weighted by Gasteiger charge is 2.44. The zero-order valence-corrected chi connectivity index (χ0v) is 38.5. The molecule has 0 spiro atoms. The Hall–Kier alpha value is -1.15. The lowest BCUT2D eigenvalue weighted by molar-refractivity contribution is -0.303. The number of amides is 1. The van der Waals surface area contributed by atoms with E-state index >= 15 is 0 Å². The second-order valence-corrected chi connectivity index (χ2v) is 17.9. The van der Waals surface area contributed by atoms with Gasteiger partial charge in [-0.15, -0.1) is 0 Å². The van der Waals surface area contributed by atoms with Crippen molar-refractivity contribution >= 4 is 5.91 Å². The largest absolute Gasteiger partial charge is 0.394 e. The average molecular weight is 858 g/mol. The molecule has 8 N–H and O–H groups in total. The van der Waals surface area contributed by atoms with E-state index in [1.807, 2.05) is 0 Å². The van der Waals surface area contributed by atoms with Crippen LogP contribution in [0.3, 0.4) is 0 Å². The minimum atomic E-state index is -1.66. The molecule has 1 amide bonds. The number of aliphatic hydroxyl groups is 7. The molecule has 60 heavy (non-hydrogen) atoms. The molecule has 0 aromatic rings. The topological polar surface area (TPSA) is 189 Å². The molecule has 1 saturated heterocycles. The number of ether oxygens (including phenoxy) is 2. The van der Waals surface area contributed by atoms with Crippen LogP contribution >= 0.6 is 0 Å². The third-order valence-corrected chi connectivity index (χ3v) is 12.3. The molecule has 11 nitrogen and oxygen atoms in total. The molecule has 0 aliphatic carbocycles. The molecule has 1 fully saturated rings. The highest BCUT2D eigenvalue weighted by atomic mass is 16.7. The maximum Gasteiger partial charge on any atom is 0.249 e. The fraction of sp³-hybridized carbons (Fsp3) is 0.939. The number of unbranched alkanes of at least 4 members (excludes halogenated alkanes) is 28. The maximum atomic E-state index is 13.1. The number of nitrogens with one attached hydrogen (secondary N) is 1. The summed E-state index contributed by atoms with van der Waals surface area (Å²) in [6.45, 7) is 3.45. The smallest absolute Gasteiger partial charge is 0.249 e. The van der Waals surface area contributed by atoms with Gasteiger partial charge in [-0.1, -0.05) is 199 Å². The summed E-state index contributed by atoms with van der Waals surface area (Å²) < 4.78 is 11.1. The molecule has 356 valence electrons. The summed E-state index contributed by atoms with van der Waals surface area (Å²) in [6.07, 6.45) is 31.1. The molecule has 1 aliphatic heterocycles. The van der Waals surface area contributed by atoms with E-state index in [0.717, 1.165) is 44.9 Å². The summed E-state index contributed by atoms with van der Waals surface area (Å²) in [5.74, 6) is -0.697. The van der Waals surface area contributed by atoms with Crippen LogP contribution in [0.2, 0.25) is 0 Å². The SMILES string of the molecule is CCCCCCCCCCCC=CCCCCCCCCCC(O)C(O)C(COC1OC(CO)C(O)C(O)C1O)NC(=O)C(O)CCCCCCCCCCCCCCC. The summed E-state index contributed by atoms with van der Waals surface area (Å²) in [4.78, 5) is 13.1. The molecule has 0 saturated carbocycles. The van der Waals surface area contributed by atoms with Crippen molar-refractivity contribution in [3.8, 4) is 0 Å². The van der Waals surface area contributed by atoms with Crippen LogP contribution in [0, 0.1) is 0 Å². The van der Waals surface area contributed by atoms with Gasteiger partial charge in [0.25, 0.3) is 0 Å². The van der Waals surface area contributed by atoms with E-state index in [1.165, 1.54) is 141 Å². The van der Waals surface area contributed by atoms with Gasteiger partial charge in [-0.3, -0.25) is 4.79 Å². The molecular weight excluding hydrogens is 763 g/mol. The van der Waals surface area contributed by atoms with Crippen molar-refractivity contribution in [3.05, 3.63) is 12.2 Å². The van der Waals surface area contributed by atoms with Crippen LogP contribution in [0.5, 0.6) is 0 Å². The summed E-state index contributed by atoms with van der Waals surface area (Å²) in [6, 6.07) is -1.17. The number of carbonyl (C=O) groups is 1. The second-order valence-electron chi connectivity index (χ2n) is 17.9. The monoisotopic (exact) mass is 858 g/mol. The quantitative estimate of drug-likeness (QED) is 0.0218. The van der Waals surface area contributed by atoms with Crippen LogP contribution in [0.1, 0.15) is 226 Å². The molecular formula is C49H95NO10. The first-order chi connectivity index (χ1) is 29.2. The molecule has 1 rings (SSSR count). The van der Waals surface area contributed by atoms with E-state index in [-0.39, 0.29) is 6.42 Å². The Morgan fingerprint density at radius 1 is 0.567 bits per heavy atom. The molecule has 0 aromatic carbocycles. The standard InChI is InChI=1S/C49H95NO10/c1-3-5-7-9-11-13-15-17-18-19-20-21-22-23-25-26-28-30-32-34-36-41(52)44(54)40(39-59-49-47(57)46(56)45(55)43(38-51)60-49)50-48(58)42(53)37-35-33-31-29-27-24-16-14-12-10-8-6-4-2/h20-21,40-47,49,51-57H,3-19,22-39H2,1-2H3,(H,50,58). The van der Waals surface area contributed by atoms with E-state index in [0.29, 0.717) is 19.3 Å². The van der Waals surface area contributed by atoms with Gasteiger partial charge in [0.2, 0.25) is 5.91 Å². The van der Waals surface area contributed by atoms with Gasteiger partial charge >= 0.3 is 0 Å². The van der Waals surface area contributed by atoms with E-state index in [4.69, 9.17) is 9.47 Å². The first-order valence-corrected chi connectivity index (χ1v) is 25.1. The van der Waals surface area contributed by atoms with E-state index < -0.39 is 74.2 Å². The summed E-state index contributed by atoms with van der Waals surface area (Å²) in [7, 11) is 0. The van der Waals surface area contributed by atoms with Gasteiger partial charge in [0, 0.05) is 0 Å². The van der Waals surface area contributed by atoms with Crippen molar-refractivity contribution in [1.82, 2.24) is 5.32 Å². The molecule has 9 atom stereocenters. The third kappa shape index (κ3) is 28.5. The van der Waals surface area contributed by atoms with Crippen LogP contribution < -0.4 is 5.32 Å². The number of hydrogen-bond acceptors (Lipinski definition) is 10. The van der Waals surface area contributed by atoms with Gasteiger partial charge in [0.05, 0.1) is 25.4 Å². The van der Waals surface area contributed by atoms with Gasteiger partial charge in [0.15, 0.2) is 6.29 Å². The minimum Gasteiger partial charge on any atom is -0.394 e. The lowest BCUT2D eigenvalue weighted by Gasteiger charge is -2.40. The molecule has 1 aliphatic rings. The van der Waals surface area contributed by atoms with Gasteiger partial charge < -0.3 is 50.5 Å². The molecule has 9 unspecified atom stereocenters. The predicted octanol–water partition coefficient (Wildman–Crippen LogP) is 8.84. The highest BCUT2D eigenvalue weighted by molar-refractivity contribution is 5.80. The molecule has 1 heterocycles. The summed E-state index contributed by atoms with van der Waals surface area (Å²) in [5, 5.41) is 75.8. The second kappa shape index (κ2) is 39.4. The van der Waals surface area contributed by atoms with Crippen molar-refractivity contribution < 1.29 is 50.0 Å². The fourth-order valence-electron chi connectivity index (χ4n) is 8.14. The van der Waals surface area contributed by atoms with Gasteiger partial charge in [0.1, 0.15) is 36.6 Å². The van der Waals surface area contributed by atoms with Crippen LogP contribution in [-0.4, -0.2) is 110 Å². The molecule has 0 bridgehead atoms. The highest BCUT2D eigenvalue weighted by Crippen LogP contribution is 2.23. The Morgan fingerprint density at radius 2 is 0.967 bits per heavy atom. The third-order valence-electron chi connectivity index (χ3n) is 12.3. The van der Waals surface area contributed by atoms with E-state index in [9.17, 15) is 40.5 Å². The fourth-order valence-corrected chi connectivity index (χ4v) is 8.14. The van der Waals surface area contributed by atoms with Crippen molar-refractivity contribution in [2.45, 2.75) is 281 Å². The molecule has 0 radical (unpaired) electrons. The Bertz CT molecular complexity index is 986. The summed E-state index contributed by atoms with van der Waals surface area (Å²) >= 11 is 0. The van der Waals surface area contributed by atoms with Crippen LogP contribution in [0.15, 0.2) is 12.2 Å². The first-order valence-electron chi connectivity index (χ1n) is 25.1. The Balaban J connectivity index is 2.40. The zero-order chi connectivity index (χ0) is 44.1. The van der Waals surface area contributed by atoms with E-state index in [2.05, 4.69) is 31.3 Å². The number of aliphatic hydroxyl groups excluding tert-OH is 7. The van der Waals surface area contributed by atoms with Gasteiger partial charge in [-0.05, 0) is 38.5 Å². The van der Waals surface area contributed by atoms with Crippen molar-refractivity contribution in [2.24, 2.45) is 0 Å². The van der Waals surface area contributed by atoms with Gasteiger partial charge in [-0.25, -0.2) is 0 Å². The Labute approximate surface area is 366 Å². The van der Waals surface area contributed by atoms with Gasteiger partial charge in [-0.2, -0.15) is 0 Å². The lowest BCUT2D eigenvalue weighted by Crippen LogP contribution is -2.60. The number of rotatable bonds is 42. The molecule has 0 aromatic heterocycles. The van der Waals surface area contributed by atoms with Crippen LogP contribution in [0.25, 0.3) is 0 Å². The zero-order valence-electron chi connectivity index (χ0n) is 38.5. The minimum absolute atomic E-state index is 0.263. The number of carbonyl (C=O) groups excluding carboxylic acids is 1. The average Bonchev–Trinajstić information content (AvgIpc) is 3.25. The maximum absolute atomic E-state index is 13.1.